The second-order valence-electron chi connectivity index (χ2n) is 18.3. The van der Waals surface area contributed by atoms with E-state index in [1.54, 1.807) is 0 Å². The molecule has 8 bridgehead atoms. The van der Waals surface area contributed by atoms with Crippen molar-refractivity contribution in [2.45, 2.75) is 152 Å². The summed E-state index contributed by atoms with van der Waals surface area (Å²) in [7, 11) is 0. The lowest BCUT2D eigenvalue weighted by Crippen LogP contribution is -2.61. The van der Waals surface area contributed by atoms with Crippen LogP contribution in [0.4, 0.5) is 0 Å². The largest absolute Gasteiger partial charge is 0.386 e. The summed E-state index contributed by atoms with van der Waals surface area (Å²) in [5.41, 5.74) is 2.01. The highest BCUT2D eigenvalue weighted by molar-refractivity contribution is 6.14. The predicted octanol–water partition coefficient (Wildman–Crippen LogP) is 3.31. The third kappa shape index (κ3) is 5.34. The van der Waals surface area contributed by atoms with Gasteiger partial charge in [0.1, 0.15) is 0 Å². The molecule has 17 atom stereocenters. The van der Waals surface area contributed by atoms with E-state index in [-0.39, 0.29) is 30.6 Å². The van der Waals surface area contributed by atoms with Crippen LogP contribution in [0.25, 0.3) is 0 Å². The molecule has 0 amide bonds. The first-order valence-electron chi connectivity index (χ1n) is 21.1. The molecule has 51 heavy (non-hydrogen) atoms. The Kier molecular flexibility index (Phi) is 8.17. The van der Waals surface area contributed by atoms with Crippen molar-refractivity contribution < 1.29 is 14.3 Å². The van der Waals surface area contributed by atoms with Gasteiger partial charge < -0.3 is 4.74 Å². The number of esters is 2. The Bertz CT molecular complexity index is 1540. The second-order valence-corrected chi connectivity index (χ2v) is 18.3. The van der Waals surface area contributed by atoms with Gasteiger partial charge in [-0.3, -0.25) is 42.5 Å². The van der Waals surface area contributed by atoms with E-state index in [2.05, 4.69) is 48.6 Å². The molecule has 9 fully saturated rings. The number of rotatable bonds is 1. The van der Waals surface area contributed by atoms with Gasteiger partial charge in [-0.1, -0.05) is 51.0 Å². The molecule has 8 N–H and O–H groups in total. The highest BCUT2D eigenvalue weighted by atomic mass is 16.6. The number of hydrogen-bond donors (Lipinski definition) is 8. The highest BCUT2D eigenvalue weighted by Gasteiger charge is 2.55. The smallest absolute Gasteiger partial charge is 0.346 e. The van der Waals surface area contributed by atoms with Crippen LogP contribution in [-0.4, -0.2) is 61.3 Å². The first kappa shape index (κ1) is 32.5. The quantitative estimate of drug-likeness (QED) is 0.162. The van der Waals surface area contributed by atoms with E-state index in [0.717, 1.165) is 12.8 Å². The van der Waals surface area contributed by atoms with Crippen LogP contribution in [0.15, 0.2) is 18.2 Å². The maximum atomic E-state index is 12.7. The van der Waals surface area contributed by atoms with E-state index < -0.39 is 11.9 Å². The molecule has 1 aromatic carbocycles. The van der Waals surface area contributed by atoms with Crippen molar-refractivity contribution in [1.29, 1.82) is 0 Å². The van der Waals surface area contributed by atoms with Crippen LogP contribution < -0.4 is 42.5 Å². The van der Waals surface area contributed by atoms with Gasteiger partial charge in [-0.2, -0.15) is 0 Å². The van der Waals surface area contributed by atoms with Gasteiger partial charge in [-0.05, 0) is 122 Å². The maximum absolute atomic E-state index is 12.7. The molecule has 17 unspecified atom stereocenters. The van der Waals surface area contributed by atoms with Gasteiger partial charge in [0.05, 0.1) is 60.5 Å². The van der Waals surface area contributed by atoms with Crippen molar-refractivity contribution in [2.75, 3.05) is 0 Å². The normalized spacial score (nSPS) is 50.2. The Morgan fingerprint density at radius 3 is 1.24 bits per heavy atom. The van der Waals surface area contributed by atoms with Crippen molar-refractivity contribution in [3.05, 3.63) is 34.9 Å². The number of carbonyl (C=O) groups excluding carboxylic acids is 2. The molecule has 1 aromatic rings. The molecule has 0 aromatic heterocycles. The van der Waals surface area contributed by atoms with Crippen LogP contribution in [0.2, 0.25) is 0 Å². The Hall–Kier alpha value is -1.96. The molecule has 4 saturated carbocycles. The SMILES string of the molecule is O=C1OC(=O)c2cc(C3CCCC4C5NC6NC(NC7NC(NC8NC(NC(N5)C34)C3CCCCC83)C3CCCCC73)C3CCCCC63)ccc21. The molecule has 11 heteroatoms. The minimum absolute atomic E-state index is 0.126. The van der Waals surface area contributed by atoms with Crippen LogP contribution in [-0.2, 0) is 4.74 Å². The van der Waals surface area contributed by atoms with Gasteiger partial charge >= 0.3 is 11.9 Å². The van der Waals surface area contributed by atoms with Crippen molar-refractivity contribution in [1.82, 2.24) is 42.5 Å². The number of fused-ring (bicyclic) bond motifs is 21. The standard InChI is InChI=1S/C40H58N8O3/c49-39-27-17-16-19(18-29(27)40(50)51-39)20-14-7-15-28-30(20)38-47-36-26-13-6-5-12-25(26)34(45-36)43-32-22-9-2-1-8-21(22)31(41-32)42-33-23-10-3-4-11-24(23)35(44-33)46-37(28)48-38/h16-18,20-26,28,30-38,41-48H,1-15H2. The Labute approximate surface area is 302 Å². The molecule has 0 spiro atoms. The lowest BCUT2D eigenvalue weighted by atomic mass is 9.68. The molecule has 6 aliphatic heterocycles. The summed E-state index contributed by atoms with van der Waals surface area (Å²) in [6, 6.07) is 5.92. The number of hydrogen-bond acceptors (Lipinski definition) is 11. The van der Waals surface area contributed by atoms with Gasteiger partial charge in [0.25, 0.3) is 0 Å². The number of carbonyl (C=O) groups is 2. The van der Waals surface area contributed by atoms with E-state index in [1.807, 2.05) is 12.1 Å². The molecule has 0 radical (unpaired) electrons. The molecule has 6 heterocycles. The minimum Gasteiger partial charge on any atom is -0.386 e. The first-order valence-corrected chi connectivity index (χ1v) is 21.1. The molecule has 11 rings (SSSR count). The summed E-state index contributed by atoms with van der Waals surface area (Å²) in [6.45, 7) is 0. The van der Waals surface area contributed by atoms with E-state index in [9.17, 15) is 9.59 Å². The summed E-state index contributed by atoms with van der Waals surface area (Å²) in [6.07, 6.45) is 21.3. The van der Waals surface area contributed by atoms with Crippen LogP contribution in [0.5, 0.6) is 0 Å². The number of ether oxygens (including phenoxy) is 1. The number of cyclic esters (lactones) is 2. The van der Waals surface area contributed by atoms with Crippen molar-refractivity contribution in [3.63, 3.8) is 0 Å². The molecule has 4 aliphatic carbocycles. The molecule has 276 valence electrons. The van der Waals surface area contributed by atoms with Gasteiger partial charge in [0.15, 0.2) is 0 Å². The zero-order valence-corrected chi connectivity index (χ0v) is 29.9. The second kappa shape index (κ2) is 12.8. The van der Waals surface area contributed by atoms with Gasteiger partial charge in [0, 0.05) is 0 Å². The summed E-state index contributed by atoms with van der Waals surface area (Å²) in [4.78, 5) is 25.0. The molecule has 10 aliphatic rings. The first-order chi connectivity index (χ1) is 25.1. The molecule has 5 saturated heterocycles. The summed E-state index contributed by atoms with van der Waals surface area (Å²) in [5.74, 6) is 3.90. The fourth-order valence-corrected chi connectivity index (χ4v) is 13.8. The van der Waals surface area contributed by atoms with Crippen molar-refractivity contribution in [3.8, 4) is 0 Å². The summed E-state index contributed by atoms with van der Waals surface area (Å²) in [5, 5.41) is 33.8. The van der Waals surface area contributed by atoms with Crippen molar-refractivity contribution >= 4 is 11.9 Å². The maximum Gasteiger partial charge on any atom is 0.346 e. The van der Waals surface area contributed by atoms with E-state index in [0.29, 0.717) is 83.1 Å². The van der Waals surface area contributed by atoms with E-state index in [4.69, 9.17) is 4.74 Å². The lowest BCUT2D eigenvalue weighted by molar-refractivity contribution is 0.0443. The van der Waals surface area contributed by atoms with Crippen LogP contribution in [0.1, 0.15) is 129 Å². The molecular weight excluding hydrogens is 640 g/mol. The average Bonchev–Trinajstić information content (AvgIpc) is 3.95. The lowest BCUT2D eigenvalue weighted by Gasteiger charge is -2.40. The van der Waals surface area contributed by atoms with Crippen LogP contribution in [0.3, 0.4) is 0 Å². The van der Waals surface area contributed by atoms with E-state index in [1.165, 1.54) is 89.0 Å². The van der Waals surface area contributed by atoms with Gasteiger partial charge in [-0.25, -0.2) is 9.59 Å². The monoisotopic (exact) mass is 698 g/mol. The zero-order chi connectivity index (χ0) is 33.8. The topological polar surface area (TPSA) is 140 Å². The van der Waals surface area contributed by atoms with E-state index >= 15 is 0 Å². The molecular formula is C40H58N8O3. The summed E-state index contributed by atoms with van der Waals surface area (Å²) < 4.78 is 5.01. The number of benzene rings is 1. The Morgan fingerprint density at radius 2 is 0.784 bits per heavy atom. The minimum atomic E-state index is -0.517. The van der Waals surface area contributed by atoms with Crippen molar-refractivity contribution in [2.24, 2.45) is 47.3 Å². The fourth-order valence-electron chi connectivity index (χ4n) is 13.8. The third-order valence-electron chi connectivity index (χ3n) is 16.0. The van der Waals surface area contributed by atoms with Gasteiger partial charge in [0.2, 0.25) is 0 Å². The van der Waals surface area contributed by atoms with Crippen LogP contribution in [0, 0.1) is 47.3 Å². The highest BCUT2D eigenvalue weighted by Crippen LogP contribution is 2.50. The third-order valence-corrected chi connectivity index (χ3v) is 16.0. The van der Waals surface area contributed by atoms with Crippen LogP contribution >= 0.6 is 0 Å². The predicted molar refractivity (Wildman–Crippen MR) is 191 cm³/mol. The average molecular weight is 699 g/mol. The fraction of sp³-hybridized carbons (Fsp3) is 0.800. The number of nitrogens with one attached hydrogen (secondary N) is 8. The Morgan fingerprint density at radius 1 is 0.412 bits per heavy atom. The Balaban J connectivity index is 0.958. The molecule has 11 nitrogen and oxygen atoms in total. The zero-order valence-electron chi connectivity index (χ0n) is 29.9. The summed E-state index contributed by atoms with van der Waals surface area (Å²) >= 11 is 0. The van der Waals surface area contributed by atoms with Gasteiger partial charge in [-0.15, -0.1) is 0 Å².